The van der Waals surface area contributed by atoms with E-state index in [1.165, 1.54) is 12.1 Å². The van der Waals surface area contributed by atoms with Gasteiger partial charge in [-0.1, -0.05) is 23.7 Å². The molecule has 0 bridgehead atoms. The van der Waals surface area contributed by atoms with Gasteiger partial charge in [0, 0.05) is 0 Å². The van der Waals surface area contributed by atoms with Crippen LogP contribution in [-0.4, -0.2) is 6.36 Å². The summed E-state index contributed by atoms with van der Waals surface area (Å²) in [5.74, 6) is -0.374. The molecule has 82 valence electrons. The van der Waals surface area contributed by atoms with Gasteiger partial charge in [-0.3, -0.25) is 0 Å². The highest BCUT2D eigenvalue weighted by atomic mass is 35.5. The second-order valence-electron chi connectivity index (χ2n) is 2.56. The monoisotopic (exact) mass is 239 g/mol. The second-order valence-corrected chi connectivity index (χ2v) is 2.97. The standard InChI is InChI=1S/C8H5ClF3NO2/c9-7(13-14)5-1-3-6(4-2-5)15-8(10,11)12/h1-4,7H. The van der Waals surface area contributed by atoms with E-state index in [4.69, 9.17) is 11.6 Å². The Bertz CT molecular complexity index is 339. The Labute approximate surface area is 87.8 Å². The second kappa shape index (κ2) is 4.48. The Balaban J connectivity index is 2.77. The molecule has 0 aliphatic carbocycles. The minimum absolute atomic E-state index is 0.307. The Hall–Kier alpha value is -1.30. The van der Waals surface area contributed by atoms with Crippen molar-refractivity contribution in [3.63, 3.8) is 0 Å². The molecular weight excluding hydrogens is 235 g/mol. The van der Waals surface area contributed by atoms with E-state index in [0.29, 0.717) is 5.56 Å². The average Bonchev–Trinajstić information content (AvgIpc) is 2.15. The maximum absolute atomic E-state index is 11.7. The van der Waals surface area contributed by atoms with Crippen LogP contribution in [0, 0.1) is 4.91 Å². The third kappa shape index (κ3) is 3.75. The molecule has 0 saturated heterocycles. The number of alkyl halides is 4. The van der Waals surface area contributed by atoms with E-state index < -0.39 is 11.9 Å². The van der Waals surface area contributed by atoms with E-state index in [0.717, 1.165) is 12.1 Å². The summed E-state index contributed by atoms with van der Waals surface area (Å²) in [7, 11) is 0. The summed E-state index contributed by atoms with van der Waals surface area (Å²) in [4.78, 5) is 10.0. The lowest BCUT2D eigenvalue weighted by atomic mass is 10.2. The van der Waals surface area contributed by atoms with Gasteiger partial charge in [0.1, 0.15) is 5.75 Å². The molecule has 0 aliphatic rings. The lowest BCUT2D eigenvalue weighted by Gasteiger charge is -2.09. The SMILES string of the molecule is O=NC(Cl)c1ccc(OC(F)(F)F)cc1. The molecule has 0 amide bonds. The predicted octanol–water partition coefficient (Wildman–Crippen LogP) is 3.59. The summed E-state index contributed by atoms with van der Waals surface area (Å²) >= 11 is 5.43. The number of hydrogen-bond acceptors (Lipinski definition) is 3. The summed E-state index contributed by atoms with van der Waals surface area (Å²) in [5, 5.41) is 2.52. The van der Waals surface area contributed by atoms with Crippen molar-refractivity contribution in [2.45, 2.75) is 11.9 Å². The molecule has 0 aliphatic heterocycles. The van der Waals surface area contributed by atoms with E-state index in [1.807, 2.05) is 0 Å². The fourth-order valence-corrected chi connectivity index (χ4v) is 1.03. The average molecular weight is 240 g/mol. The maximum Gasteiger partial charge on any atom is 0.573 e. The van der Waals surface area contributed by atoms with Gasteiger partial charge in [-0.15, -0.1) is 18.1 Å². The third-order valence-electron chi connectivity index (χ3n) is 1.48. The van der Waals surface area contributed by atoms with Gasteiger partial charge >= 0.3 is 6.36 Å². The Morgan fingerprint density at radius 2 is 1.80 bits per heavy atom. The smallest absolute Gasteiger partial charge is 0.406 e. The van der Waals surface area contributed by atoms with Crippen LogP contribution in [0.3, 0.4) is 0 Å². The first-order valence-corrected chi connectivity index (χ1v) is 4.18. The van der Waals surface area contributed by atoms with Crippen LogP contribution in [0.15, 0.2) is 29.4 Å². The van der Waals surface area contributed by atoms with Gasteiger partial charge in [0.2, 0.25) is 0 Å². The van der Waals surface area contributed by atoms with E-state index in [-0.39, 0.29) is 5.75 Å². The van der Waals surface area contributed by atoms with Crippen molar-refractivity contribution in [1.82, 2.24) is 0 Å². The van der Waals surface area contributed by atoms with Crippen molar-refractivity contribution >= 4 is 11.6 Å². The number of benzene rings is 1. The third-order valence-corrected chi connectivity index (χ3v) is 1.81. The number of halogens is 4. The Kier molecular flexibility index (Phi) is 3.52. The Morgan fingerprint density at radius 1 is 1.27 bits per heavy atom. The molecule has 0 aromatic heterocycles. The fraction of sp³-hybridized carbons (Fsp3) is 0.250. The summed E-state index contributed by atoms with van der Waals surface area (Å²) in [6.45, 7) is 0. The first-order valence-electron chi connectivity index (χ1n) is 3.74. The van der Waals surface area contributed by atoms with Crippen molar-refractivity contribution in [3.8, 4) is 5.75 Å². The number of ether oxygens (including phenoxy) is 1. The number of rotatable bonds is 3. The van der Waals surface area contributed by atoms with Gasteiger partial charge in [0.25, 0.3) is 0 Å². The predicted molar refractivity (Wildman–Crippen MR) is 47.5 cm³/mol. The molecule has 0 saturated carbocycles. The molecule has 0 radical (unpaired) electrons. The van der Waals surface area contributed by atoms with Gasteiger partial charge in [0.15, 0.2) is 5.50 Å². The quantitative estimate of drug-likeness (QED) is 0.459. The van der Waals surface area contributed by atoms with Crippen LogP contribution < -0.4 is 4.74 Å². The lowest BCUT2D eigenvalue weighted by Crippen LogP contribution is -2.17. The number of nitrogens with zero attached hydrogens (tertiary/aromatic N) is 1. The Morgan fingerprint density at radius 3 is 2.20 bits per heavy atom. The molecule has 15 heavy (non-hydrogen) atoms. The van der Waals surface area contributed by atoms with Gasteiger partial charge < -0.3 is 4.74 Å². The van der Waals surface area contributed by atoms with Crippen LogP contribution in [0.1, 0.15) is 11.1 Å². The minimum Gasteiger partial charge on any atom is -0.406 e. The van der Waals surface area contributed by atoms with Crippen molar-refractivity contribution in [2.75, 3.05) is 0 Å². The van der Waals surface area contributed by atoms with Gasteiger partial charge in [0.05, 0.1) is 0 Å². The summed E-state index contributed by atoms with van der Waals surface area (Å²) in [6.07, 6.45) is -4.73. The van der Waals surface area contributed by atoms with E-state index in [9.17, 15) is 18.1 Å². The topological polar surface area (TPSA) is 38.7 Å². The highest BCUT2D eigenvalue weighted by Gasteiger charge is 2.31. The van der Waals surface area contributed by atoms with E-state index in [2.05, 4.69) is 9.91 Å². The largest absolute Gasteiger partial charge is 0.573 e. The van der Waals surface area contributed by atoms with Crippen molar-refractivity contribution < 1.29 is 17.9 Å². The van der Waals surface area contributed by atoms with Crippen LogP contribution in [0.2, 0.25) is 0 Å². The molecule has 0 fully saturated rings. The molecule has 1 aromatic carbocycles. The van der Waals surface area contributed by atoms with Crippen LogP contribution in [0.25, 0.3) is 0 Å². The van der Waals surface area contributed by atoms with Crippen LogP contribution >= 0.6 is 11.6 Å². The summed E-state index contributed by atoms with van der Waals surface area (Å²) in [5.41, 5.74) is -0.800. The molecule has 1 atom stereocenters. The normalized spacial score (nSPS) is 13.3. The molecule has 0 heterocycles. The highest BCUT2D eigenvalue weighted by Crippen LogP contribution is 2.26. The van der Waals surface area contributed by atoms with Crippen molar-refractivity contribution in [2.24, 2.45) is 5.18 Å². The zero-order chi connectivity index (χ0) is 11.5. The maximum atomic E-state index is 11.7. The molecule has 0 N–H and O–H groups in total. The molecule has 1 aromatic rings. The zero-order valence-corrected chi connectivity index (χ0v) is 7.92. The van der Waals surface area contributed by atoms with E-state index in [1.54, 1.807) is 0 Å². The van der Waals surface area contributed by atoms with Crippen molar-refractivity contribution in [3.05, 3.63) is 34.7 Å². The molecule has 0 spiro atoms. The first-order chi connectivity index (χ1) is 6.92. The molecule has 1 unspecified atom stereocenters. The number of nitroso groups, excluding NO2 is 1. The molecule has 7 heteroatoms. The van der Waals surface area contributed by atoms with E-state index >= 15 is 0 Å². The van der Waals surface area contributed by atoms with Gasteiger partial charge in [-0.05, 0) is 22.9 Å². The first kappa shape index (κ1) is 11.8. The summed E-state index contributed by atoms with van der Waals surface area (Å²) < 4.78 is 38.9. The molecule has 3 nitrogen and oxygen atoms in total. The molecular formula is C8H5ClF3NO2. The van der Waals surface area contributed by atoms with Crippen LogP contribution in [0.5, 0.6) is 5.75 Å². The van der Waals surface area contributed by atoms with Crippen LogP contribution in [0.4, 0.5) is 13.2 Å². The van der Waals surface area contributed by atoms with Crippen molar-refractivity contribution in [1.29, 1.82) is 0 Å². The molecule has 1 rings (SSSR count). The highest BCUT2D eigenvalue weighted by molar-refractivity contribution is 6.20. The zero-order valence-electron chi connectivity index (χ0n) is 7.16. The van der Waals surface area contributed by atoms with Gasteiger partial charge in [-0.25, -0.2) is 0 Å². The lowest BCUT2D eigenvalue weighted by molar-refractivity contribution is -0.274. The fourth-order valence-electron chi connectivity index (χ4n) is 0.889. The summed E-state index contributed by atoms with van der Waals surface area (Å²) in [6, 6.07) is 4.59. The minimum atomic E-state index is -4.73. The van der Waals surface area contributed by atoms with Crippen LogP contribution in [-0.2, 0) is 0 Å². The van der Waals surface area contributed by atoms with Gasteiger partial charge in [-0.2, -0.15) is 0 Å². The number of hydrogen-bond donors (Lipinski definition) is 0.